The van der Waals surface area contributed by atoms with Crippen LogP contribution in [0.5, 0.6) is 0 Å². The first kappa shape index (κ1) is 17.1. The molecular formula is C14H19FO4. The van der Waals surface area contributed by atoms with E-state index < -0.39 is 28.9 Å². The first-order valence-corrected chi connectivity index (χ1v) is 5.97. The number of carbonyl (C=O) groups excluding carboxylic acids is 1. The predicted molar refractivity (Wildman–Crippen MR) is 69.9 cm³/mol. The number of carboxylic acids is 1. The maximum absolute atomic E-state index is 13.3. The topological polar surface area (TPSA) is 63.6 Å². The van der Waals surface area contributed by atoms with Crippen molar-refractivity contribution in [2.24, 2.45) is 0 Å². The van der Waals surface area contributed by atoms with E-state index in [0.717, 1.165) is 6.07 Å². The number of esters is 1. The van der Waals surface area contributed by atoms with Crippen molar-refractivity contribution >= 4 is 11.9 Å². The molecule has 0 radical (unpaired) electrons. The van der Waals surface area contributed by atoms with Gasteiger partial charge in [0, 0.05) is 0 Å². The summed E-state index contributed by atoms with van der Waals surface area (Å²) in [5.41, 5.74) is -1.71. The third-order valence-electron chi connectivity index (χ3n) is 1.85. The number of halogens is 1. The van der Waals surface area contributed by atoms with Gasteiger partial charge in [-0.1, -0.05) is 19.9 Å². The fourth-order valence-electron chi connectivity index (χ4n) is 1.24. The van der Waals surface area contributed by atoms with Crippen LogP contribution in [-0.2, 0) is 4.74 Å². The van der Waals surface area contributed by atoms with E-state index in [0.29, 0.717) is 0 Å². The van der Waals surface area contributed by atoms with Crippen molar-refractivity contribution in [3.63, 3.8) is 0 Å². The summed E-state index contributed by atoms with van der Waals surface area (Å²) in [6.45, 7) is 8.93. The molecule has 0 saturated carbocycles. The summed E-state index contributed by atoms with van der Waals surface area (Å²) in [4.78, 5) is 22.6. The highest BCUT2D eigenvalue weighted by Crippen LogP contribution is 2.18. The maximum Gasteiger partial charge on any atom is 0.339 e. The second-order valence-electron chi connectivity index (χ2n) is 4.47. The molecule has 106 valence electrons. The van der Waals surface area contributed by atoms with Gasteiger partial charge < -0.3 is 9.84 Å². The van der Waals surface area contributed by atoms with E-state index in [1.165, 1.54) is 12.1 Å². The van der Waals surface area contributed by atoms with Crippen LogP contribution in [0.1, 0.15) is 55.3 Å². The Kier molecular flexibility index (Phi) is 6.18. The maximum atomic E-state index is 13.3. The molecule has 4 nitrogen and oxygen atoms in total. The van der Waals surface area contributed by atoms with Crippen LogP contribution in [0.25, 0.3) is 0 Å². The molecule has 0 aliphatic carbocycles. The molecule has 19 heavy (non-hydrogen) atoms. The summed E-state index contributed by atoms with van der Waals surface area (Å²) in [7, 11) is 0. The summed E-state index contributed by atoms with van der Waals surface area (Å²) < 4.78 is 18.3. The number of carboxylic acid groups (broad SMARTS) is 1. The van der Waals surface area contributed by atoms with Crippen molar-refractivity contribution in [3.05, 3.63) is 35.1 Å². The van der Waals surface area contributed by atoms with Crippen molar-refractivity contribution in [3.8, 4) is 0 Å². The monoisotopic (exact) mass is 270 g/mol. The fourth-order valence-corrected chi connectivity index (χ4v) is 1.24. The van der Waals surface area contributed by atoms with E-state index >= 15 is 0 Å². The number of benzene rings is 1. The molecule has 0 fully saturated rings. The van der Waals surface area contributed by atoms with E-state index in [4.69, 9.17) is 9.84 Å². The van der Waals surface area contributed by atoms with Gasteiger partial charge in [0.15, 0.2) is 0 Å². The van der Waals surface area contributed by atoms with Crippen LogP contribution in [0.3, 0.4) is 0 Å². The molecular weight excluding hydrogens is 251 g/mol. The Morgan fingerprint density at radius 1 is 1.21 bits per heavy atom. The van der Waals surface area contributed by atoms with Crippen LogP contribution in [0.4, 0.5) is 4.39 Å². The molecule has 0 atom stereocenters. The van der Waals surface area contributed by atoms with Gasteiger partial charge in [0.25, 0.3) is 0 Å². The van der Waals surface area contributed by atoms with Gasteiger partial charge in [-0.05, 0) is 32.9 Å². The van der Waals surface area contributed by atoms with E-state index in [1.54, 1.807) is 20.8 Å². The fraction of sp³-hybridized carbons (Fsp3) is 0.429. The van der Waals surface area contributed by atoms with Gasteiger partial charge in [-0.2, -0.15) is 0 Å². The quantitative estimate of drug-likeness (QED) is 0.835. The van der Waals surface area contributed by atoms with E-state index in [2.05, 4.69) is 0 Å². The molecule has 0 amide bonds. The Morgan fingerprint density at radius 3 is 2.16 bits per heavy atom. The van der Waals surface area contributed by atoms with Gasteiger partial charge in [-0.3, -0.25) is 0 Å². The molecule has 1 N–H and O–H groups in total. The first-order valence-electron chi connectivity index (χ1n) is 5.97. The normalized spacial score (nSPS) is 10.2. The zero-order valence-corrected chi connectivity index (χ0v) is 11.8. The Morgan fingerprint density at radius 2 is 1.74 bits per heavy atom. The molecule has 0 aliphatic rings. The minimum Gasteiger partial charge on any atom is -0.478 e. The Labute approximate surface area is 112 Å². The molecule has 0 saturated heterocycles. The van der Waals surface area contributed by atoms with E-state index in [-0.39, 0.29) is 5.56 Å². The second kappa shape index (κ2) is 6.87. The highest BCUT2D eigenvalue weighted by Gasteiger charge is 2.25. The summed E-state index contributed by atoms with van der Waals surface area (Å²) in [6.07, 6.45) is 0. The highest BCUT2D eigenvalue weighted by atomic mass is 19.1. The third kappa shape index (κ3) is 5.07. The van der Waals surface area contributed by atoms with Crippen LogP contribution in [0.2, 0.25) is 0 Å². The number of hydrogen-bond donors (Lipinski definition) is 1. The number of ether oxygens (including phenoxy) is 1. The van der Waals surface area contributed by atoms with Crippen molar-refractivity contribution in [2.75, 3.05) is 0 Å². The summed E-state index contributed by atoms with van der Waals surface area (Å²) in [5.74, 6) is -3.31. The highest BCUT2D eigenvalue weighted by molar-refractivity contribution is 6.02. The number of rotatable bonds is 2. The van der Waals surface area contributed by atoms with Crippen molar-refractivity contribution in [1.82, 2.24) is 0 Å². The average molecular weight is 270 g/mol. The molecule has 0 aliphatic heterocycles. The SMILES string of the molecule is CC.CC(C)(C)OC(=O)c1cccc(F)c1C(=O)O. The van der Waals surface area contributed by atoms with Crippen molar-refractivity contribution in [2.45, 2.75) is 40.2 Å². The summed E-state index contributed by atoms with van der Waals surface area (Å²) in [5, 5.41) is 8.85. The number of hydrogen-bond acceptors (Lipinski definition) is 3. The Balaban J connectivity index is 0.00000154. The lowest BCUT2D eigenvalue weighted by molar-refractivity contribution is 0.00650. The molecule has 0 spiro atoms. The zero-order valence-electron chi connectivity index (χ0n) is 11.8. The van der Waals surface area contributed by atoms with E-state index in [1.807, 2.05) is 13.8 Å². The lowest BCUT2D eigenvalue weighted by atomic mass is 10.1. The standard InChI is InChI=1S/C12H13FO4.C2H6/c1-12(2,3)17-11(16)7-5-4-6-8(13)9(7)10(14)15;1-2/h4-6H,1-3H3,(H,14,15);1-2H3. The first-order chi connectivity index (χ1) is 8.72. The molecule has 0 heterocycles. The zero-order chi connectivity index (χ0) is 15.2. The van der Waals surface area contributed by atoms with Crippen LogP contribution < -0.4 is 0 Å². The average Bonchev–Trinajstić information content (AvgIpc) is 2.28. The minimum absolute atomic E-state index is 0.285. The van der Waals surface area contributed by atoms with Crippen molar-refractivity contribution in [1.29, 1.82) is 0 Å². The molecule has 0 bridgehead atoms. The van der Waals surface area contributed by atoms with Crippen LogP contribution in [0.15, 0.2) is 18.2 Å². The smallest absolute Gasteiger partial charge is 0.339 e. The molecule has 1 aromatic carbocycles. The van der Waals surface area contributed by atoms with Crippen molar-refractivity contribution < 1.29 is 23.8 Å². The molecule has 0 unspecified atom stereocenters. The summed E-state index contributed by atoms with van der Waals surface area (Å²) >= 11 is 0. The van der Waals surface area contributed by atoms with Crippen LogP contribution in [0, 0.1) is 5.82 Å². The number of aromatic carboxylic acids is 1. The lowest BCUT2D eigenvalue weighted by Gasteiger charge is -2.20. The summed E-state index contributed by atoms with van der Waals surface area (Å²) in [6, 6.07) is 3.47. The van der Waals surface area contributed by atoms with Gasteiger partial charge in [0.05, 0.1) is 5.56 Å². The second-order valence-corrected chi connectivity index (χ2v) is 4.47. The van der Waals surface area contributed by atoms with Crippen LogP contribution in [-0.4, -0.2) is 22.6 Å². The predicted octanol–water partition coefficient (Wildman–Crippen LogP) is 3.51. The van der Waals surface area contributed by atoms with Gasteiger partial charge in [-0.15, -0.1) is 0 Å². The molecule has 1 aromatic rings. The van der Waals surface area contributed by atoms with Gasteiger partial charge in [0.2, 0.25) is 0 Å². The van der Waals surface area contributed by atoms with Gasteiger partial charge in [-0.25, -0.2) is 14.0 Å². The Bertz CT molecular complexity index is 461. The lowest BCUT2D eigenvalue weighted by Crippen LogP contribution is -2.25. The molecule has 0 aromatic heterocycles. The van der Waals surface area contributed by atoms with Gasteiger partial charge in [0.1, 0.15) is 17.0 Å². The number of carbonyl (C=O) groups is 2. The van der Waals surface area contributed by atoms with Gasteiger partial charge >= 0.3 is 11.9 Å². The molecule has 5 heteroatoms. The molecule has 1 rings (SSSR count). The van der Waals surface area contributed by atoms with E-state index in [9.17, 15) is 14.0 Å². The Hall–Kier alpha value is -1.91. The largest absolute Gasteiger partial charge is 0.478 e. The van der Waals surface area contributed by atoms with Crippen LogP contribution >= 0.6 is 0 Å². The third-order valence-corrected chi connectivity index (χ3v) is 1.85. The minimum atomic E-state index is -1.50.